The van der Waals surface area contributed by atoms with Crippen molar-refractivity contribution in [3.05, 3.63) is 64.3 Å². The number of carbonyl (C=O) groups excluding carboxylic acids is 1. The van der Waals surface area contributed by atoms with E-state index in [4.69, 9.17) is 8.83 Å². The lowest BCUT2D eigenvalue weighted by Crippen LogP contribution is -2.21. The largest absolute Gasteiger partial charge is 0.459 e. The van der Waals surface area contributed by atoms with Crippen LogP contribution >= 0.6 is 0 Å². The van der Waals surface area contributed by atoms with Gasteiger partial charge in [-0.15, -0.1) is 5.10 Å². The van der Waals surface area contributed by atoms with E-state index in [9.17, 15) is 9.59 Å². The molecule has 0 amide bonds. The normalized spacial score (nSPS) is 10.8. The van der Waals surface area contributed by atoms with Gasteiger partial charge in [0.1, 0.15) is 6.54 Å². The van der Waals surface area contributed by atoms with Crippen LogP contribution in [0.3, 0.4) is 0 Å². The highest BCUT2D eigenvalue weighted by Crippen LogP contribution is 2.15. The van der Waals surface area contributed by atoms with E-state index in [1.807, 2.05) is 12.1 Å². The minimum atomic E-state index is -0.688. The number of rotatable bonds is 6. The Kier molecular flexibility index (Phi) is 4.23. The molecule has 6 nitrogen and oxygen atoms in total. The van der Waals surface area contributed by atoms with E-state index in [1.165, 1.54) is 11.8 Å². The number of hydrogen-bond donors (Lipinski definition) is 0. The molecule has 0 N–H and O–H groups in total. The van der Waals surface area contributed by atoms with E-state index in [1.54, 1.807) is 24.3 Å². The smallest absolute Gasteiger partial charge is 0.437 e. The fourth-order valence-corrected chi connectivity index (χ4v) is 2.28. The molecule has 23 heavy (non-hydrogen) atoms. The Balaban J connectivity index is 1.76. The number of ketones is 1. The molecule has 0 saturated heterocycles. The van der Waals surface area contributed by atoms with E-state index >= 15 is 0 Å². The Morgan fingerprint density at radius 2 is 2.00 bits per heavy atom. The first-order chi connectivity index (χ1) is 11.2. The summed E-state index contributed by atoms with van der Waals surface area (Å²) < 4.78 is 11.1. The van der Waals surface area contributed by atoms with Crippen LogP contribution in [-0.2, 0) is 13.0 Å². The van der Waals surface area contributed by atoms with Gasteiger partial charge in [0.15, 0.2) is 11.5 Å². The maximum Gasteiger partial charge on any atom is 0.437 e. The molecular weight excluding hydrogens is 296 g/mol. The molecule has 0 saturated carbocycles. The average molecular weight is 312 g/mol. The van der Waals surface area contributed by atoms with Gasteiger partial charge in [0.25, 0.3) is 5.89 Å². The van der Waals surface area contributed by atoms with Gasteiger partial charge >= 0.3 is 5.76 Å². The average Bonchev–Trinajstić information content (AvgIpc) is 3.19. The number of hydrogen-bond acceptors (Lipinski definition) is 5. The van der Waals surface area contributed by atoms with Crippen LogP contribution in [0.1, 0.15) is 29.3 Å². The van der Waals surface area contributed by atoms with Gasteiger partial charge in [-0.3, -0.25) is 4.79 Å². The van der Waals surface area contributed by atoms with Gasteiger partial charge in [-0.25, -0.2) is 4.79 Å². The standard InChI is InChI=1S/C17H16N2O4/c1-2-4-12-6-8-13(9-7-12)14(20)11-19-17(21)23-16(18-19)15-5-3-10-22-15/h3,5-10H,2,4,11H2,1H3. The summed E-state index contributed by atoms with van der Waals surface area (Å²) in [5.74, 6) is -0.481. The molecule has 118 valence electrons. The third kappa shape index (κ3) is 3.31. The molecule has 6 heteroatoms. The molecule has 3 aromatic rings. The summed E-state index contributed by atoms with van der Waals surface area (Å²) in [4.78, 5) is 24.0. The quantitative estimate of drug-likeness (QED) is 0.654. The highest BCUT2D eigenvalue weighted by molar-refractivity contribution is 5.95. The highest BCUT2D eigenvalue weighted by atomic mass is 16.4. The van der Waals surface area contributed by atoms with Crippen molar-refractivity contribution in [3.8, 4) is 11.7 Å². The summed E-state index contributed by atoms with van der Waals surface area (Å²) in [7, 11) is 0. The first-order valence-electron chi connectivity index (χ1n) is 7.41. The van der Waals surface area contributed by atoms with E-state index in [2.05, 4.69) is 12.0 Å². The second-order valence-electron chi connectivity index (χ2n) is 5.18. The molecule has 0 aliphatic rings. The van der Waals surface area contributed by atoms with Gasteiger partial charge in [-0.2, -0.15) is 4.68 Å². The number of aryl methyl sites for hydroxylation is 1. The number of furan rings is 1. The minimum absolute atomic E-state index is 0.0612. The molecule has 0 bridgehead atoms. The van der Waals surface area contributed by atoms with Gasteiger partial charge in [-0.05, 0) is 24.1 Å². The van der Waals surface area contributed by atoms with E-state index in [0.717, 1.165) is 17.5 Å². The molecular formula is C17H16N2O4. The topological polar surface area (TPSA) is 78.2 Å². The lowest BCUT2D eigenvalue weighted by atomic mass is 10.1. The summed E-state index contributed by atoms with van der Waals surface area (Å²) in [6.45, 7) is 1.93. The van der Waals surface area contributed by atoms with Crippen LogP contribution in [0.4, 0.5) is 0 Å². The van der Waals surface area contributed by atoms with Crippen molar-refractivity contribution < 1.29 is 13.6 Å². The molecule has 2 heterocycles. The molecule has 0 aliphatic heterocycles. The molecule has 0 spiro atoms. The summed E-state index contributed by atoms with van der Waals surface area (Å²) in [6, 6.07) is 10.7. The summed E-state index contributed by atoms with van der Waals surface area (Å²) in [5.41, 5.74) is 1.72. The van der Waals surface area contributed by atoms with Crippen LogP contribution in [0.25, 0.3) is 11.7 Å². The van der Waals surface area contributed by atoms with Gasteiger partial charge in [0, 0.05) is 5.56 Å². The van der Waals surface area contributed by atoms with Crippen molar-refractivity contribution in [3.63, 3.8) is 0 Å². The predicted octanol–water partition coefficient (Wildman–Crippen LogP) is 2.93. The summed E-state index contributed by atoms with van der Waals surface area (Å²) >= 11 is 0. The number of nitrogens with zero attached hydrogens (tertiary/aromatic N) is 2. The van der Waals surface area contributed by atoms with E-state index in [0.29, 0.717) is 11.3 Å². The fraction of sp³-hybridized carbons (Fsp3) is 0.235. The molecule has 0 fully saturated rings. The zero-order valence-electron chi connectivity index (χ0n) is 12.7. The second kappa shape index (κ2) is 6.48. The number of Topliss-reactive ketones (excluding diaryl/α,β-unsaturated/α-hetero) is 1. The molecule has 3 rings (SSSR count). The Morgan fingerprint density at radius 3 is 2.65 bits per heavy atom. The van der Waals surface area contributed by atoms with E-state index in [-0.39, 0.29) is 18.2 Å². The Morgan fingerprint density at radius 1 is 1.22 bits per heavy atom. The Hall–Kier alpha value is -2.89. The fourth-order valence-electron chi connectivity index (χ4n) is 2.28. The van der Waals surface area contributed by atoms with Crippen LogP contribution in [0.5, 0.6) is 0 Å². The molecule has 0 atom stereocenters. The van der Waals surface area contributed by atoms with Crippen LogP contribution in [0.15, 0.2) is 56.3 Å². The van der Waals surface area contributed by atoms with Crippen molar-refractivity contribution in [2.24, 2.45) is 0 Å². The minimum Gasteiger partial charge on any atom is -0.459 e. The van der Waals surface area contributed by atoms with Crippen molar-refractivity contribution >= 4 is 5.78 Å². The summed E-state index contributed by atoms with van der Waals surface area (Å²) in [6.07, 6.45) is 3.48. The number of benzene rings is 1. The van der Waals surface area contributed by atoms with Crippen molar-refractivity contribution in [2.75, 3.05) is 0 Å². The van der Waals surface area contributed by atoms with Crippen LogP contribution in [-0.4, -0.2) is 15.6 Å². The van der Waals surface area contributed by atoms with Gasteiger partial charge in [-0.1, -0.05) is 37.6 Å². The van der Waals surface area contributed by atoms with Crippen molar-refractivity contribution in [1.82, 2.24) is 9.78 Å². The lowest BCUT2D eigenvalue weighted by molar-refractivity contribution is 0.0965. The molecule has 1 aromatic carbocycles. The highest BCUT2D eigenvalue weighted by Gasteiger charge is 2.15. The second-order valence-corrected chi connectivity index (χ2v) is 5.18. The zero-order valence-corrected chi connectivity index (χ0v) is 12.7. The first-order valence-corrected chi connectivity index (χ1v) is 7.41. The van der Waals surface area contributed by atoms with Crippen LogP contribution in [0.2, 0.25) is 0 Å². The maximum absolute atomic E-state index is 12.3. The SMILES string of the molecule is CCCc1ccc(C(=O)Cn2nc(-c3ccco3)oc2=O)cc1. The third-order valence-corrected chi connectivity index (χ3v) is 3.45. The van der Waals surface area contributed by atoms with E-state index < -0.39 is 5.76 Å². The monoisotopic (exact) mass is 312 g/mol. The Labute approximate surface area is 132 Å². The van der Waals surface area contributed by atoms with Crippen LogP contribution in [0, 0.1) is 0 Å². The number of carbonyl (C=O) groups is 1. The zero-order chi connectivity index (χ0) is 16.2. The van der Waals surface area contributed by atoms with Crippen molar-refractivity contribution in [2.45, 2.75) is 26.3 Å². The van der Waals surface area contributed by atoms with Gasteiger partial charge in [0.05, 0.1) is 6.26 Å². The molecule has 2 aromatic heterocycles. The Bertz CT molecular complexity index is 842. The van der Waals surface area contributed by atoms with Crippen molar-refractivity contribution in [1.29, 1.82) is 0 Å². The van der Waals surface area contributed by atoms with Gasteiger partial charge in [0.2, 0.25) is 0 Å². The van der Waals surface area contributed by atoms with Gasteiger partial charge < -0.3 is 8.83 Å². The molecule has 0 aliphatic carbocycles. The predicted molar refractivity (Wildman–Crippen MR) is 83.2 cm³/mol. The third-order valence-electron chi connectivity index (χ3n) is 3.45. The maximum atomic E-state index is 12.3. The van der Waals surface area contributed by atoms with Crippen LogP contribution < -0.4 is 5.76 Å². The first kappa shape index (κ1) is 15.0. The molecule has 0 unspecified atom stereocenters. The number of aromatic nitrogens is 2. The lowest BCUT2D eigenvalue weighted by Gasteiger charge is -2.02. The summed E-state index contributed by atoms with van der Waals surface area (Å²) in [5, 5.41) is 3.99. The molecule has 0 radical (unpaired) electrons.